The highest BCUT2D eigenvalue weighted by atomic mass is 16.5. The van der Waals surface area contributed by atoms with Gasteiger partial charge < -0.3 is 15.2 Å². The molecule has 1 amide bonds. The maximum absolute atomic E-state index is 12.2. The number of methoxy groups -OCH3 is 1. The molecule has 5 nitrogen and oxygen atoms in total. The third kappa shape index (κ3) is 3.60. The van der Waals surface area contributed by atoms with Gasteiger partial charge in [-0.3, -0.25) is 9.69 Å². The number of nitrogens with two attached hydrogens (primary N) is 1. The van der Waals surface area contributed by atoms with Gasteiger partial charge in [0.05, 0.1) is 12.5 Å². The first-order valence-corrected chi connectivity index (χ1v) is 10.2. The number of ether oxygens (including phenoxy) is 2. The molecular formula is C24H30N2O3. The second-order valence-corrected chi connectivity index (χ2v) is 9.17. The zero-order valence-corrected chi connectivity index (χ0v) is 17.5. The van der Waals surface area contributed by atoms with Gasteiger partial charge in [0.1, 0.15) is 6.61 Å². The van der Waals surface area contributed by atoms with E-state index >= 15 is 0 Å². The minimum atomic E-state index is -0.355. The molecule has 1 aliphatic carbocycles. The van der Waals surface area contributed by atoms with Crippen LogP contribution in [0.5, 0.6) is 11.5 Å². The number of carbonyl (C=O) groups excluding carboxylic acids is 1. The molecule has 2 aliphatic rings. The topological polar surface area (TPSA) is 64.8 Å². The van der Waals surface area contributed by atoms with Crippen molar-refractivity contribution in [3.8, 4) is 11.5 Å². The van der Waals surface area contributed by atoms with Gasteiger partial charge in [-0.25, -0.2) is 0 Å². The predicted molar refractivity (Wildman–Crippen MR) is 113 cm³/mol. The smallest absolute Gasteiger partial charge is 0.225 e. The molecule has 1 saturated heterocycles. The lowest BCUT2D eigenvalue weighted by Crippen LogP contribution is -2.59. The highest BCUT2D eigenvalue weighted by Gasteiger charge is 2.65. The van der Waals surface area contributed by atoms with Crippen molar-refractivity contribution in [1.82, 2.24) is 4.90 Å². The minimum absolute atomic E-state index is 0.147. The van der Waals surface area contributed by atoms with Gasteiger partial charge in [0.25, 0.3) is 0 Å². The lowest BCUT2D eigenvalue weighted by atomic mass is 9.48. The summed E-state index contributed by atoms with van der Waals surface area (Å²) in [6.45, 7) is 7.40. The zero-order chi connectivity index (χ0) is 20.6. The molecule has 5 heteroatoms. The zero-order valence-electron chi connectivity index (χ0n) is 17.5. The van der Waals surface area contributed by atoms with Crippen molar-refractivity contribution in [2.24, 2.45) is 22.5 Å². The van der Waals surface area contributed by atoms with Crippen LogP contribution in [-0.4, -0.2) is 31.0 Å². The van der Waals surface area contributed by atoms with Crippen LogP contribution in [0.2, 0.25) is 0 Å². The minimum Gasteiger partial charge on any atom is -0.493 e. The lowest BCUT2D eigenvalue weighted by Gasteiger charge is -2.54. The van der Waals surface area contributed by atoms with Gasteiger partial charge in [-0.1, -0.05) is 50.2 Å². The molecule has 2 aromatic carbocycles. The maximum atomic E-state index is 12.2. The van der Waals surface area contributed by atoms with Crippen molar-refractivity contribution < 1.29 is 14.3 Å². The Labute approximate surface area is 172 Å². The quantitative estimate of drug-likeness (QED) is 0.779. The molecule has 0 spiro atoms. The van der Waals surface area contributed by atoms with E-state index in [-0.39, 0.29) is 16.7 Å². The van der Waals surface area contributed by atoms with Crippen molar-refractivity contribution in [2.75, 3.05) is 20.2 Å². The molecule has 2 N–H and O–H groups in total. The normalized spacial score (nSPS) is 25.1. The fourth-order valence-corrected chi connectivity index (χ4v) is 5.37. The fourth-order valence-electron chi connectivity index (χ4n) is 5.37. The van der Waals surface area contributed by atoms with Crippen LogP contribution < -0.4 is 15.2 Å². The van der Waals surface area contributed by atoms with E-state index in [0.29, 0.717) is 12.5 Å². The SMILES string of the molecule is COc1cc(CN2C[C@@H]3C(C)(C)C[C@]3(C(N)=O)C2)ccc1OCc1ccccc1. The third-order valence-corrected chi connectivity index (χ3v) is 6.69. The number of benzene rings is 2. The van der Waals surface area contributed by atoms with Gasteiger partial charge >= 0.3 is 0 Å². The number of fused-ring (bicyclic) bond motifs is 1. The van der Waals surface area contributed by atoms with Crippen LogP contribution in [0.25, 0.3) is 0 Å². The molecule has 4 rings (SSSR count). The van der Waals surface area contributed by atoms with E-state index in [1.807, 2.05) is 42.5 Å². The second-order valence-electron chi connectivity index (χ2n) is 9.17. The van der Waals surface area contributed by atoms with Gasteiger partial charge in [-0.05, 0) is 41.0 Å². The fraction of sp³-hybridized carbons (Fsp3) is 0.458. The average Bonchev–Trinajstić information content (AvgIpc) is 3.02. The molecule has 0 bridgehead atoms. The standard InChI is InChI=1S/C24H30N2O3/c1-23(2)15-24(22(25)27)16-26(13-21(23)24)12-18-9-10-19(20(11-18)28-3)29-14-17-7-5-4-6-8-17/h4-11,21H,12-16H2,1-3H3,(H2,25,27)/t21-,24+/m1/s1. The third-order valence-electron chi connectivity index (χ3n) is 6.69. The summed E-state index contributed by atoms with van der Waals surface area (Å²) >= 11 is 0. The Hall–Kier alpha value is -2.53. The van der Waals surface area contributed by atoms with E-state index in [2.05, 4.69) is 24.8 Å². The van der Waals surface area contributed by atoms with Crippen molar-refractivity contribution >= 4 is 5.91 Å². The van der Waals surface area contributed by atoms with Crippen LogP contribution in [0.3, 0.4) is 0 Å². The maximum Gasteiger partial charge on any atom is 0.225 e. The Morgan fingerprint density at radius 1 is 1.14 bits per heavy atom. The Bertz CT molecular complexity index is 896. The first kappa shape index (κ1) is 19.8. The average molecular weight is 395 g/mol. The van der Waals surface area contributed by atoms with Crippen LogP contribution in [0.1, 0.15) is 31.4 Å². The Balaban J connectivity index is 1.44. The Morgan fingerprint density at radius 3 is 2.52 bits per heavy atom. The molecule has 2 atom stereocenters. The van der Waals surface area contributed by atoms with Crippen molar-refractivity contribution in [1.29, 1.82) is 0 Å². The second kappa shape index (κ2) is 7.38. The number of likely N-dealkylation sites (tertiary alicyclic amines) is 1. The van der Waals surface area contributed by atoms with Crippen LogP contribution in [0, 0.1) is 16.7 Å². The summed E-state index contributed by atoms with van der Waals surface area (Å²) in [6.07, 6.45) is 0.881. The molecule has 0 aromatic heterocycles. The van der Waals surface area contributed by atoms with E-state index in [1.165, 1.54) is 0 Å². The van der Waals surface area contributed by atoms with Crippen molar-refractivity contribution in [3.05, 3.63) is 59.7 Å². The number of rotatable bonds is 7. The van der Waals surface area contributed by atoms with E-state index in [1.54, 1.807) is 7.11 Å². The van der Waals surface area contributed by atoms with Crippen LogP contribution in [-0.2, 0) is 17.9 Å². The molecule has 1 aliphatic heterocycles. The van der Waals surface area contributed by atoms with Crippen molar-refractivity contribution in [2.45, 2.75) is 33.4 Å². The summed E-state index contributed by atoms with van der Waals surface area (Å²) in [4.78, 5) is 14.5. The van der Waals surface area contributed by atoms with Crippen LogP contribution in [0.15, 0.2) is 48.5 Å². The monoisotopic (exact) mass is 394 g/mol. The molecule has 1 saturated carbocycles. The van der Waals surface area contributed by atoms with E-state index in [0.717, 1.165) is 48.7 Å². The Morgan fingerprint density at radius 2 is 1.90 bits per heavy atom. The van der Waals surface area contributed by atoms with Crippen LogP contribution >= 0.6 is 0 Å². The van der Waals surface area contributed by atoms with Gasteiger partial charge in [0.15, 0.2) is 11.5 Å². The van der Waals surface area contributed by atoms with E-state index < -0.39 is 0 Å². The van der Waals surface area contributed by atoms with E-state index in [9.17, 15) is 4.79 Å². The molecule has 2 aromatic rings. The summed E-state index contributed by atoms with van der Waals surface area (Å²) in [7, 11) is 1.66. The number of hydrogen-bond acceptors (Lipinski definition) is 4. The first-order chi connectivity index (χ1) is 13.8. The number of hydrogen-bond donors (Lipinski definition) is 1. The highest BCUT2D eigenvalue weighted by molar-refractivity contribution is 5.83. The lowest BCUT2D eigenvalue weighted by molar-refractivity contribution is -0.148. The molecular weight excluding hydrogens is 364 g/mol. The first-order valence-electron chi connectivity index (χ1n) is 10.2. The molecule has 0 radical (unpaired) electrons. The number of carbonyl (C=O) groups is 1. The molecule has 2 fully saturated rings. The van der Waals surface area contributed by atoms with Gasteiger partial charge in [0, 0.05) is 19.6 Å². The summed E-state index contributed by atoms with van der Waals surface area (Å²) < 4.78 is 11.5. The van der Waals surface area contributed by atoms with Gasteiger partial charge in [-0.2, -0.15) is 0 Å². The van der Waals surface area contributed by atoms with Crippen molar-refractivity contribution in [3.63, 3.8) is 0 Å². The molecule has 29 heavy (non-hydrogen) atoms. The molecule has 0 unspecified atom stereocenters. The number of nitrogens with zero attached hydrogens (tertiary/aromatic N) is 1. The molecule has 1 heterocycles. The Kier molecular flexibility index (Phi) is 5.03. The summed E-state index contributed by atoms with van der Waals surface area (Å²) in [5.74, 6) is 1.65. The van der Waals surface area contributed by atoms with Gasteiger partial charge in [0.2, 0.25) is 5.91 Å². The van der Waals surface area contributed by atoms with E-state index in [4.69, 9.17) is 15.2 Å². The number of primary amides is 1. The van der Waals surface area contributed by atoms with Crippen LogP contribution in [0.4, 0.5) is 0 Å². The highest BCUT2D eigenvalue weighted by Crippen LogP contribution is 2.62. The summed E-state index contributed by atoms with van der Waals surface area (Å²) in [6, 6.07) is 16.2. The predicted octanol–water partition coefficient (Wildman–Crippen LogP) is 3.61. The summed E-state index contributed by atoms with van der Waals surface area (Å²) in [5.41, 5.74) is 7.88. The van der Waals surface area contributed by atoms with Gasteiger partial charge in [-0.15, -0.1) is 0 Å². The number of amides is 1. The largest absolute Gasteiger partial charge is 0.493 e. The summed E-state index contributed by atoms with van der Waals surface area (Å²) in [5, 5.41) is 0. The molecule has 154 valence electrons.